The van der Waals surface area contributed by atoms with E-state index < -0.39 is 0 Å². The van der Waals surface area contributed by atoms with Crippen LogP contribution < -0.4 is 10.4 Å². The van der Waals surface area contributed by atoms with Crippen molar-refractivity contribution in [3.8, 4) is 16.9 Å². The van der Waals surface area contributed by atoms with Crippen molar-refractivity contribution in [2.45, 2.75) is 43.4 Å². The minimum atomic E-state index is -0.365. The third-order valence-corrected chi connectivity index (χ3v) is 6.56. The van der Waals surface area contributed by atoms with Crippen LogP contribution >= 0.6 is 23.5 Å². The molecule has 6 heteroatoms. The van der Waals surface area contributed by atoms with Crippen molar-refractivity contribution in [2.75, 3.05) is 18.6 Å². The molecule has 0 amide bonds. The largest absolute Gasteiger partial charge is 0.494 e. The van der Waals surface area contributed by atoms with E-state index in [4.69, 9.17) is 9.15 Å². The minimum absolute atomic E-state index is 0.365. The van der Waals surface area contributed by atoms with Crippen LogP contribution in [-0.2, 0) is 0 Å². The molecular weight excluding hydrogens is 426 g/mol. The quantitative estimate of drug-likeness (QED) is 0.201. The number of nitrogens with zero attached hydrogens (tertiary/aromatic N) is 1. The summed E-state index contributed by atoms with van der Waals surface area (Å²) in [4.78, 5) is 17.7. The topological polar surface area (TPSA) is 52.3 Å². The monoisotopic (exact) mass is 455 g/mol. The molecule has 0 N–H and O–H groups in total. The zero-order valence-corrected chi connectivity index (χ0v) is 19.6. The number of benzene rings is 1. The molecule has 2 aromatic heterocycles. The van der Waals surface area contributed by atoms with E-state index in [1.165, 1.54) is 37.9 Å². The number of hydrogen-bond donors (Lipinski definition) is 0. The fourth-order valence-electron chi connectivity index (χ4n) is 3.40. The first kappa shape index (κ1) is 23.5. The van der Waals surface area contributed by atoms with Crippen molar-refractivity contribution < 1.29 is 9.15 Å². The highest BCUT2D eigenvalue weighted by Crippen LogP contribution is 2.29. The molecule has 0 fully saturated rings. The molecule has 0 saturated heterocycles. The van der Waals surface area contributed by atoms with Crippen molar-refractivity contribution in [3.63, 3.8) is 0 Å². The SMILES string of the molecule is C=CSCCCCCCCCOc1cccc(-c2cc3c(SC)cncc3oc2=O)c1. The van der Waals surface area contributed by atoms with E-state index in [9.17, 15) is 4.79 Å². The molecule has 31 heavy (non-hydrogen) atoms. The zero-order valence-electron chi connectivity index (χ0n) is 18.0. The van der Waals surface area contributed by atoms with Crippen molar-refractivity contribution in [1.82, 2.24) is 4.98 Å². The summed E-state index contributed by atoms with van der Waals surface area (Å²) in [5.41, 5.74) is 1.48. The van der Waals surface area contributed by atoms with E-state index in [1.807, 2.05) is 42.0 Å². The maximum absolute atomic E-state index is 12.5. The average molecular weight is 456 g/mol. The van der Waals surface area contributed by atoms with Crippen LogP contribution in [0.5, 0.6) is 5.75 Å². The molecule has 164 valence electrons. The van der Waals surface area contributed by atoms with Gasteiger partial charge in [-0.2, -0.15) is 0 Å². The van der Waals surface area contributed by atoms with Gasteiger partial charge in [0.05, 0.1) is 18.4 Å². The molecule has 3 aromatic rings. The molecule has 1 aromatic carbocycles. The van der Waals surface area contributed by atoms with E-state index >= 15 is 0 Å². The molecule has 0 aliphatic heterocycles. The van der Waals surface area contributed by atoms with Gasteiger partial charge in [0.1, 0.15) is 5.75 Å². The molecule has 0 radical (unpaired) electrons. The van der Waals surface area contributed by atoms with Crippen LogP contribution in [0.15, 0.2) is 68.8 Å². The van der Waals surface area contributed by atoms with E-state index in [1.54, 1.807) is 35.9 Å². The highest BCUT2D eigenvalue weighted by molar-refractivity contribution is 8.02. The maximum Gasteiger partial charge on any atom is 0.344 e. The lowest BCUT2D eigenvalue weighted by Gasteiger charge is -2.09. The molecule has 0 spiro atoms. The molecule has 0 aliphatic rings. The van der Waals surface area contributed by atoms with Gasteiger partial charge in [0.25, 0.3) is 0 Å². The lowest BCUT2D eigenvalue weighted by atomic mass is 10.1. The van der Waals surface area contributed by atoms with Gasteiger partial charge in [0.2, 0.25) is 0 Å². The Morgan fingerprint density at radius 1 is 1.10 bits per heavy atom. The Labute approximate surface area is 192 Å². The maximum atomic E-state index is 12.5. The Morgan fingerprint density at radius 2 is 1.90 bits per heavy atom. The van der Waals surface area contributed by atoms with E-state index in [-0.39, 0.29) is 5.63 Å². The van der Waals surface area contributed by atoms with E-state index in [0.29, 0.717) is 17.8 Å². The van der Waals surface area contributed by atoms with Crippen LogP contribution in [-0.4, -0.2) is 23.6 Å². The zero-order chi connectivity index (χ0) is 21.9. The van der Waals surface area contributed by atoms with Crippen LogP contribution in [0.25, 0.3) is 22.1 Å². The lowest BCUT2D eigenvalue weighted by molar-refractivity contribution is 0.304. The molecule has 0 aliphatic carbocycles. The first-order valence-corrected chi connectivity index (χ1v) is 12.9. The number of aromatic nitrogens is 1. The molecule has 0 atom stereocenters. The van der Waals surface area contributed by atoms with E-state index in [0.717, 1.165) is 28.0 Å². The van der Waals surface area contributed by atoms with Crippen molar-refractivity contribution in [2.24, 2.45) is 0 Å². The Hall–Kier alpha value is -2.18. The number of hydrogen-bond acceptors (Lipinski definition) is 6. The van der Waals surface area contributed by atoms with Gasteiger partial charge in [-0.15, -0.1) is 23.5 Å². The van der Waals surface area contributed by atoms with Gasteiger partial charge in [0.15, 0.2) is 5.58 Å². The first-order valence-electron chi connectivity index (χ1n) is 10.6. The van der Waals surface area contributed by atoms with Crippen LogP contribution in [0.2, 0.25) is 0 Å². The fraction of sp³-hybridized carbons (Fsp3) is 0.360. The number of pyridine rings is 1. The van der Waals surface area contributed by atoms with Crippen LogP contribution in [0.3, 0.4) is 0 Å². The molecule has 0 bridgehead atoms. The highest BCUT2D eigenvalue weighted by Gasteiger charge is 2.11. The Morgan fingerprint density at radius 3 is 2.71 bits per heavy atom. The number of rotatable bonds is 13. The third-order valence-electron chi connectivity index (χ3n) is 5.03. The summed E-state index contributed by atoms with van der Waals surface area (Å²) in [5.74, 6) is 1.95. The summed E-state index contributed by atoms with van der Waals surface area (Å²) in [6.07, 6.45) is 12.6. The Bertz CT molecular complexity index is 1050. The summed E-state index contributed by atoms with van der Waals surface area (Å²) >= 11 is 3.38. The van der Waals surface area contributed by atoms with Gasteiger partial charge in [-0.05, 0) is 54.0 Å². The second kappa shape index (κ2) is 12.6. The van der Waals surface area contributed by atoms with Gasteiger partial charge >= 0.3 is 5.63 Å². The summed E-state index contributed by atoms with van der Waals surface area (Å²) in [6, 6.07) is 9.56. The first-order chi connectivity index (χ1) is 15.2. The number of fused-ring (bicyclic) bond motifs is 1. The smallest absolute Gasteiger partial charge is 0.344 e. The van der Waals surface area contributed by atoms with Crippen molar-refractivity contribution in [1.29, 1.82) is 0 Å². The van der Waals surface area contributed by atoms with Gasteiger partial charge in [0, 0.05) is 16.5 Å². The number of thioether (sulfide) groups is 2. The predicted molar refractivity (Wildman–Crippen MR) is 133 cm³/mol. The molecule has 0 unspecified atom stereocenters. The molecule has 0 saturated carbocycles. The number of unbranched alkanes of at least 4 members (excludes halogenated alkanes) is 5. The second-order valence-corrected chi connectivity index (χ2v) is 9.16. The van der Waals surface area contributed by atoms with E-state index in [2.05, 4.69) is 11.6 Å². The van der Waals surface area contributed by atoms with Crippen LogP contribution in [0, 0.1) is 0 Å². The summed E-state index contributed by atoms with van der Waals surface area (Å²) in [6.45, 7) is 4.41. The molecule has 4 nitrogen and oxygen atoms in total. The fourth-order valence-corrected chi connectivity index (χ4v) is 4.48. The van der Waals surface area contributed by atoms with Crippen molar-refractivity contribution in [3.05, 3.63) is 65.1 Å². The highest BCUT2D eigenvalue weighted by atomic mass is 32.2. The van der Waals surface area contributed by atoms with Gasteiger partial charge in [-0.1, -0.05) is 44.4 Å². The summed E-state index contributed by atoms with van der Waals surface area (Å²) in [5, 5.41) is 2.81. The predicted octanol–water partition coefficient (Wildman–Crippen LogP) is 7.17. The standard InChI is InChI=1S/C25H29NO3S2/c1-3-31-14-9-7-5-4-6-8-13-28-20-12-10-11-19(15-20)21-16-22-23(29-25(21)27)17-26-18-24(22)30-2/h3,10-12,15-18H,1,4-9,13-14H2,2H3. The van der Waals surface area contributed by atoms with Crippen LogP contribution in [0.1, 0.15) is 38.5 Å². The lowest BCUT2D eigenvalue weighted by Crippen LogP contribution is -2.04. The summed E-state index contributed by atoms with van der Waals surface area (Å²) < 4.78 is 11.5. The minimum Gasteiger partial charge on any atom is -0.494 e. The van der Waals surface area contributed by atoms with Gasteiger partial charge in [-0.25, -0.2) is 4.79 Å². The van der Waals surface area contributed by atoms with Gasteiger partial charge < -0.3 is 9.15 Å². The third kappa shape index (κ3) is 6.91. The van der Waals surface area contributed by atoms with Crippen LogP contribution in [0.4, 0.5) is 0 Å². The molecular formula is C25H29NO3S2. The normalized spacial score (nSPS) is 11.0. The van der Waals surface area contributed by atoms with Crippen molar-refractivity contribution >= 4 is 34.5 Å². The second-order valence-electron chi connectivity index (χ2n) is 7.24. The summed E-state index contributed by atoms with van der Waals surface area (Å²) in [7, 11) is 0. The Balaban J connectivity index is 1.55. The van der Waals surface area contributed by atoms with Gasteiger partial charge in [-0.3, -0.25) is 4.98 Å². The Kier molecular flexibility index (Phi) is 9.56. The molecule has 2 heterocycles. The average Bonchev–Trinajstić information content (AvgIpc) is 2.79. The number of ether oxygens (including phenoxy) is 1. The molecule has 3 rings (SSSR count).